The fourth-order valence-corrected chi connectivity index (χ4v) is 3.05. The number of carbonyl (C=O) groups is 1. The van der Waals surface area contributed by atoms with Gasteiger partial charge in [0, 0.05) is 18.9 Å². The topological polar surface area (TPSA) is 105 Å². The number of nitriles is 1. The number of thiophene rings is 1. The van der Waals surface area contributed by atoms with Gasteiger partial charge in [-0.25, -0.2) is 9.97 Å². The quantitative estimate of drug-likeness (QED) is 0.825. The Balaban J connectivity index is 1.93. The molecule has 102 valence electrons. The van der Waals surface area contributed by atoms with Crippen LogP contribution >= 0.6 is 11.3 Å². The Kier molecular flexibility index (Phi) is 3.22. The molecule has 1 amide bonds. The number of rotatable bonds is 1. The van der Waals surface area contributed by atoms with Crippen LogP contribution in [0.5, 0.6) is 0 Å². The maximum absolute atomic E-state index is 12.5. The Morgan fingerprint density at radius 1 is 1.55 bits per heavy atom. The van der Waals surface area contributed by atoms with E-state index in [-0.39, 0.29) is 12.5 Å². The molecule has 2 N–H and O–H groups in total. The van der Waals surface area contributed by atoms with Crippen molar-refractivity contribution in [2.75, 3.05) is 25.4 Å². The summed E-state index contributed by atoms with van der Waals surface area (Å²) < 4.78 is 5.23. The first-order valence-electron chi connectivity index (χ1n) is 6.00. The van der Waals surface area contributed by atoms with E-state index in [2.05, 4.69) is 9.97 Å². The monoisotopic (exact) mass is 289 g/mol. The van der Waals surface area contributed by atoms with Crippen LogP contribution in [0.2, 0.25) is 0 Å². The lowest BCUT2D eigenvalue weighted by Gasteiger charge is -2.29. The van der Waals surface area contributed by atoms with E-state index in [0.29, 0.717) is 34.1 Å². The lowest BCUT2D eigenvalue weighted by Crippen LogP contribution is -2.45. The minimum Gasteiger partial charge on any atom is -0.396 e. The third kappa shape index (κ3) is 2.07. The van der Waals surface area contributed by atoms with Gasteiger partial charge < -0.3 is 15.4 Å². The minimum atomic E-state index is -0.584. The fraction of sp³-hybridized carbons (Fsp3) is 0.333. The second-order valence-electron chi connectivity index (χ2n) is 4.29. The highest BCUT2D eigenvalue weighted by molar-refractivity contribution is 7.21. The summed E-state index contributed by atoms with van der Waals surface area (Å²) in [5.74, 6) is -0.198. The minimum absolute atomic E-state index is 0.198. The van der Waals surface area contributed by atoms with E-state index in [9.17, 15) is 4.79 Å². The van der Waals surface area contributed by atoms with Crippen LogP contribution in [0.4, 0.5) is 5.69 Å². The van der Waals surface area contributed by atoms with Crippen molar-refractivity contribution in [3.63, 3.8) is 0 Å². The Morgan fingerprint density at radius 3 is 3.10 bits per heavy atom. The molecule has 0 aliphatic carbocycles. The SMILES string of the molecule is N#CC1CN(C(=O)c2sc3nccnc3c2N)CCO1. The summed E-state index contributed by atoms with van der Waals surface area (Å²) >= 11 is 1.22. The van der Waals surface area contributed by atoms with Gasteiger partial charge >= 0.3 is 0 Å². The van der Waals surface area contributed by atoms with Crippen LogP contribution in [0, 0.1) is 11.3 Å². The molecule has 20 heavy (non-hydrogen) atoms. The molecule has 1 atom stereocenters. The summed E-state index contributed by atoms with van der Waals surface area (Å²) in [6, 6.07) is 2.01. The van der Waals surface area contributed by atoms with Crippen molar-refractivity contribution in [3.05, 3.63) is 17.3 Å². The first-order chi connectivity index (χ1) is 9.70. The molecule has 2 aromatic heterocycles. The number of hydrogen-bond acceptors (Lipinski definition) is 7. The number of nitrogens with zero attached hydrogens (tertiary/aromatic N) is 4. The Bertz CT molecular complexity index is 707. The van der Waals surface area contributed by atoms with Gasteiger partial charge in [0.25, 0.3) is 5.91 Å². The van der Waals surface area contributed by atoms with Gasteiger partial charge in [-0.3, -0.25) is 4.79 Å². The second kappa shape index (κ2) is 5.03. The highest BCUT2D eigenvalue weighted by Crippen LogP contribution is 2.31. The highest BCUT2D eigenvalue weighted by atomic mass is 32.1. The largest absolute Gasteiger partial charge is 0.396 e. The second-order valence-corrected chi connectivity index (χ2v) is 5.29. The third-order valence-corrected chi connectivity index (χ3v) is 4.15. The number of aromatic nitrogens is 2. The molecule has 0 bridgehead atoms. The molecule has 1 fully saturated rings. The van der Waals surface area contributed by atoms with Gasteiger partial charge in [-0.05, 0) is 0 Å². The van der Waals surface area contributed by atoms with Crippen molar-refractivity contribution in [3.8, 4) is 6.07 Å². The lowest BCUT2D eigenvalue weighted by atomic mass is 10.2. The van der Waals surface area contributed by atoms with Gasteiger partial charge in [0.2, 0.25) is 0 Å². The average molecular weight is 289 g/mol. The number of amides is 1. The number of carbonyl (C=O) groups excluding carboxylic acids is 1. The van der Waals surface area contributed by atoms with E-state index in [1.165, 1.54) is 11.3 Å². The zero-order valence-corrected chi connectivity index (χ0v) is 11.3. The molecule has 1 unspecified atom stereocenters. The van der Waals surface area contributed by atoms with Gasteiger partial charge in [-0.15, -0.1) is 11.3 Å². The van der Waals surface area contributed by atoms with Crippen LogP contribution in [0.25, 0.3) is 10.3 Å². The maximum atomic E-state index is 12.5. The standard InChI is InChI=1S/C12H11N5O2S/c13-5-7-6-17(3-4-19-7)12(18)10-8(14)9-11(20-10)16-2-1-15-9/h1-2,7H,3-4,6,14H2. The average Bonchev–Trinajstić information content (AvgIpc) is 2.84. The number of nitrogen functional groups attached to an aromatic ring is 1. The zero-order valence-electron chi connectivity index (χ0n) is 10.4. The smallest absolute Gasteiger partial charge is 0.266 e. The van der Waals surface area contributed by atoms with Crippen LogP contribution in [0.1, 0.15) is 9.67 Å². The first kappa shape index (κ1) is 12.8. The van der Waals surface area contributed by atoms with E-state index in [4.69, 9.17) is 15.7 Å². The molecule has 0 radical (unpaired) electrons. The summed E-state index contributed by atoms with van der Waals surface area (Å²) in [4.78, 5) is 23.4. The summed E-state index contributed by atoms with van der Waals surface area (Å²) in [7, 11) is 0. The predicted molar refractivity (Wildman–Crippen MR) is 73.1 cm³/mol. The Labute approximate surface area is 118 Å². The zero-order chi connectivity index (χ0) is 14.1. The summed E-state index contributed by atoms with van der Waals surface area (Å²) in [6.45, 7) is 1.06. The summed E-state index contributed by atoms with van der Waals surface area (Å²) in [5.41, 5.74) is 6.88. The lowest BCUT2D eigenvalue weighted by molar-refractivity contribution is 0.00374. The number of hydrogen-bond donors (Lipinski definition) is 1. The van der Waals surface area contributed by atoms with Gasteiger partial charge in [0.15, 0.2) is 6.10 Å². The number of fused-ring (bicyclic) bond motifs is 1. The normalized spacial score (nSPS) is 18.9. The van der Waals surface area contributed by atoms with Gasteiger partial charge in [-0.1, -0.05) is 0 Å². The molecular formula is C12H11N5O2S. The summed E-state index contributed by atoms with van der Waals surface area (Å²) in [6.07, 6.45) is 2.52. The number of ether oxygens (including phenoxy) is 1. The molecule has 3 heterocycles. The molecule has 2 aromatic rings. The fourth-order valence-electron chi connectivity index (χ4n) is 2.06. The molecule has 1 aliphatic rings. The van der Waals surface area contributed by atoms with Crippen LogP contribution in [-0.2, 0) is 4.74 Å². The van der Waals surface area contributed by atoms with Gasteiger partial charge in [-0.2, -0.15) is 5.26 Å². The molecule has 1 aliphatic heterocycles. The van der Waals surface area contributed by atoms with Crippen molar-refractivity contribution in [2.24, 2.45) is 0 Å². The predicted octanol–water partition coefficient (Wildman–Crippen LogP) is 0.638. The van der Waals surface area contributed by atoms with Crippen LogP contribution in [-0.4, -0.2) is 46.6 Å². The van der Waals surface area contributed by atoms with E-state index in [1.54, 1.807) is 17.3 Å². The van der Waals surface area contributed by atoms with E-state index in [0.717, 1.165) is 0 Å². The summed E-state index contributed by atoms with van der Waals surface area (Å²) in [5, 5.41) is 8.88. The molecule has 0 aromatic carbocycles. The molecule has 0 spiro atoms. The molecule has 7 nitrogen and oxygen atoms in total. The van der Waals surface area contributed by atoms with E-state index >= 15 is 0 Å². The maximum Gasteiger partial charge on any atom is 0.266 e. The van der Waals surface area contributed by atoms with Crippen LogP contribution in [0.15, 0.2) is 12.4 Å². The number of nitrogens with two attached hydrogens (primary N) is 1. The highest BCUT2D eigenvalue weighted by Gasteiger charge is 2.28. The Hall–Kier alpha value is -2.24. The van der Waals surface area contributed by atoms with E-state index in [1.807, 2.05) is 6.07 Å². The molecule has 8 heteroatoms. The first-order valence-corrected chi connectivity index (χ1v) is 6.82. The van der Waals surface area contributed by atoms with E-state index < -0.39 is 6.10 Å². The van der Waals surface area contributed by atoms with Crippen molar-refractivity contribution in [1.82, 2.24) is 14.9 Å². The third-order valence-electron chi connectivity index (χ3n) is 3.06. The van der Waals surface area contributed by atoms with Gasteiger partial charge in [0.05, 0.1) is 24.9 Å². The van der Waals surface area contributed by atoms with Crippen LogP contribution in [0.3, 0.4) is 0 Å². The van der Waals surface area contributed by atoms with Crippen molar-refractivity contribution >= 4 is 33.3 Å². The van der Waals surface area contributed by atoms with Gasteiger partial charge in [0.1, 0.15) is 15.2 Å². The molecular weight excluding hydrogens is 278 g/mol. The molecule has 1 saturated heterocycles. The number of anilines is 1. The van der Waals surface area contributed by atoms with Crippen LogP contribution < -0.4 is 5.73 Å². The molecule has 3 rings (SSSR count). The van der Waals surface area contributed by atoms with Crippen molar-refractivity contribution in [1.29, 1.82) is 5.26 Å². The number of morpholine rings is 1. The Morgan fingerprint density at radius 2 is 2.35 bits per heavy atom. The van der Waals surface area contributed by atoms with Crippen molar-refractivity contribution < 1.29 is 9.53 Å². The van der Waals surface area contributed by atoms with Crippen molar-refractivity contribution in [2.45, 2.75) is 6.10 Å². The molecule has 0 saturated carbocycles.